The topological polar surface area (TPSA) is 60.9 Å². The van der Waals surface area contributed by atoms with Gasteiger partial charge < -0.3 is 9.15 Å². The predicted octanol–water partition coefficient (Wildman–Crippen LogP) is 5.23. The third-order valence-corrected chi connectivity index (χ3v) is 5.22. The molecule has 0 unspecified atom stereocenters. The number of ether oxygens (including phenoxy) is 1. The zero-order valence-electron chi connectivity index (χ0n) is 16.9. The highest BCUT2D eigenvalue weighted by Crippen LogP contribution is 2.38. The fourth-order valence-corrected chi connectivity index (χ4v) is 3.90. The van der Waals surface area contributed by atoms with E-state index in [4.69, 9.17) is 9.15 Å². The van der Waals surface area contributed by atoms with Crippen LogP contribution in [0.25, 0.3) is 27.9 Å². The predicted molar refractivity (Wildman–Crippen MR) is 119 cm³/mol. The van der Waals surface area contributed by atoms with Gasteiger partial charge in [-0.15, -0.1) is 0 Å². The smallest absolute Gasteiger partial charge is 0.308 e. The molecule has 2 aromatic heterocycles. The van der Waals surface area contributed by atoms with E-state index in [1.165, 1.54) is 6.92 Å². The molecular formula is C26H19NO4. The first-order chi connectivity index (χ1) is 15.1. The van der Waals surface area contributed by atoms with Crippen LogP contribution < -0.4 is 10.3 Å². The summed E-state index contributed by atoms with van der Waals surface area (Å²) in [5.74, 6) is -0.252. The molecule has 0 N–H and O–H groups in total. The van der Waals surface area contributed by atoms with Crippen LogP contribution in [0.3, 0.4) is 0 Å². The molecule has 5 heteroatoms. The molecule has 0 radical (unpaired) electrons. The van der Waals surface area contributed by atoms with Crippen molar-refractivity contribution in [3.05, 3.63) is 106 Å². The SMILES string of the molecule is CC(=O)Oc1c(Cc2ccccc2)c(=O)n2c(oc3ccccc32)c1-c1ccccc1. The van der Waals surface area contributed by atoms with Gasteiger partial charge in [0.15, 0.2) is 11.3 Å². The minimum Gasteiger partial charge on any atom is -0.437 e. The number of benzene rings is 3. The second-order valence-electron chi connectivity index (χ2n) is 7.32. The molecule has 5 nitrogen and oxygen atoms in total. The summed E-state index contributed by atoms with van der Waals surface area (Å²) in [6.07, 6.45) is 0.324. The van der Waals surface area contributed by atoms with Crippen LogP contribution in [0, 0.1) is 0 Å². The van der Waals surface area contributed by atoms with Gasteiger partial charge in [-0.05, 0) is 23.3 Å². The number of oxazole rings is 1. The Labute approximate surface area is 178 Å². The molecule has 0 atom stereocenters. The van der Waals surface area contributed by atoms with E-state index in [2.05, 4.69) is 0 Å². The molecule has 31 heavy (non-hydrogen) atoms. The summed E-state index contributed by atoms with van der Waals surface area (Å²) in [7, 11) is 0. The van der Waals surface area contributed by atoms with Gasteiger partial charge in [-0.1, -0.05) is 72.8 Å². The molecule has 0 saturated heterocycles. The zero-order valence-corrected chi connectivity index (χ0v) is 16.9. The van der Waals surface area contributed by atoms with Crippen LogP contribution in [0.4, 0.5) is 0 Å². The quantitative estimate of drug-likeness (QED) is 0.382. The van der Waals surface area contributed by atoms with Crippen LogP contribution in [0.1, 0.15) is 18.1 Å². The van der Waals surface area contributed by atoms with Crippen molar-refractivity contribution in [1.82, 2.24) is 4.40 Å². The van der Waals surface area contributed by atoms with E-state index in [0.29, 0.717) is 34.4 Å². The Balaban J connectivity index is 1.94. The number of fused-ring (bicyclic) bond motifs is 3. The molecular weight excluding hydrogens is 390 g/mol. The van der Waals surface area contributed by atoms with Crippen molar-refractivity contribution in [2.45, 2.75) is 13.3 Å². The van der Waals surface area contributed by atoms with Gasteiger partial charge in [-0.3, -0.25) is 9.59 Å². The number of carbonyl (C=O) groups excluding carboxylic acids is 1. The molecule has 2 heterocycles. The molecule has 0 fully saturated rings. The summed E-state index contributed by atoms with van der Waals surface area (Å²) in [6, 6.07) is 26.6. The fourth-order valence-electron chi connectivity index (χ4n) is 3.90. The van der Waals surface area contributed by atoms with Crippen molar-refractivity contribution >= 4 is 22.8 Å². The Morgan fingerprint density at radius 1 is 0.903 bits per heavy atom. The first-order valence-electron chi connectivity index (χ1n) is 10.0. The number of esters is 1. The molecule has 0 spiro atoms. The largest absolute Gasteiger partial charge is 0.437 e. The van der Waals surface area contributed by atoms with E-state index in [1.54, 1.807) is 4.40 Å². The van der Waals surface area contributed by atoms with E-state index < -0.39 is 5.97 Å². The maximum Gasteiger partial charge on any atom is 0.308 e. The van der Waals surface area contributed by atoms with Gasteiger partial charge in [0.2, 0.25) is 5.71 Å². The molecule has 152 valence electrons. The molecule has 0 saturated carbocycles. The summed E-state index contributed by atoms with van der Waals surface area (Å²) in [5.41, 5.74) is 4.07. The molecule has 5 rings (SSSR count). The highest BCUT2D eigenvalue weighted by atomic mass is 16.5. The van der Waals surface area contributed by atoms with Crippen molar-refractivity contribution in [2.24, 2.45) is 0 Å². The van der Waals surface area contributed by atoms with E-state index in [1.807, 2.05) is 84.9 Å². The lowest BCUT2D eigenvalue weighted by atomic mass is 9.99. The average Bonchev–Trinajstić information content (AvgIpc) is 3.17. The third kappa shape index (κ3) is 3.30. The number of aromatic nitrogens is 1. The summed E-state index contributed by atoms with van der Waals surface area (Å²) in [6.45, 7) is 1.33. The summed E-state index contributed by atoms with van der Waals surface area (Å²) in [5, 5.41) is 0. The number of nitrogens with zero attached hydrogens (tertiary/aromatic N) is 1. The third-order valence-electron chi connectivity index (χ3n) is 5.22. The molecule has 0 amide bonds. The van der Waals surface area contributed by atoms with Gasteiger partial charge in [-0.25, -0.2) is 4.40 Å². The Morgan fingerprint density at radius 3 is 2.26 bits per heavy atom. The van der Waals surface area contributed by atoms with Crippen LogP contribution in [-0.2, 0) is 11.2 Å². The fraction of sp³-hybridized carbons (Fsp3) is 0.0769. The van der Waals surface area contributed by atoms with E-state index in [-0.39, 0.29) is 11.3 Å². The number of carbonyl (C=O) groups is 1. The van der Waals surface area contributed by atoms with Crippen molar-refractivity contribution < 1.29 is 13.9 Å². The Bertz CT molecular complexity index is 1460. The first kappa shape index (κ1) is 18.9. The number of pyridine rings is 1. The lowest BCUT2D eigenvalue weighted by molar-refractivity contribution is -0.131. The minimum absolute atomic E-state index is 0.242. The zero-order chi connectivity index (χ0) is 21.4. The van der Waals surface area contributed by atoms with Crippen molar-refractivity contribution in [3.63, 3.8) is 0 Å². The van der Waals surface area contributed by atoms with Gasteiger partial charge in [-0.2, -0.15) is 0 Å². The summed E-state index contributed by atoms with van der Waals surface area (Å²) < 4.78 is 13.4. The van der Waals surface area contributed by atoms with Crippen LogP contribution in [-0.4, -0.2) is 10.4 Å². The molecule has 0 aliphatic rings. The Morgan fingerprint density at radius 2 is 1.55 bits per heavy atom. The van der Waals surface area contributed by atoms with Gasteiger partial charge in [0.25, 0.3) is 5.56 Å². The van der Waals surface area contributed by atoms with Crippen LogP contribution in [0.5, 0.6) is 5.75 Å². The van der Waals surface area contributed by atoms with Crippen molar-refractivity contribution in [2.75, 3.05) is 0 Å². The standard InChI is InChI=1S/C26H19NO4/c1-17(28)30-24-20(16-18-10-4-2-5-11-18)25(29)27-21-14-8-9-15-22(21)31-26(27)23(24)19-12-6-3-7-13-19/h2-15H,16H2,1H3. The average molecular weight is 409 g/mol. The second-order valence-corrected chi connectivity index (χ2v) is 7.32. The Kier molecular flexibility index (Phi) is 4.64. The lowest BCUT2D eigenvalue weighted by Crippen LogP contribution is -2.21. The van der Waals surface area contributed by atoms with Crippen LogP contribution in [0.2, 0.25) is 0 Å². The maximum absolute atomic E-state index is 13.7. The van der Waals surface area contributed by atoms with Crippen LogP contribution >= 0.6 is 0 Å². The number of para-hydroxylation sites is 2. The number of hydrogen-bond acceptors (Lipinski definition) is 4. The normalized spacial score (nSPS) is 11.1. The van der Waals surface area contributed by atoms with Gasteiger partial charge >= 0.3 is 5.97 Å². The molecule has 0 aliphatic carbocycles. The monoisotopic (exact) mass is 409 g/mol. The summed E-state index contributed by atoms with van der Waals surface area (Å²) in [4.78, 5) is 25.8. The molecule has 0 aliphatic heterocycles. The van der Waals surface area contributed by atoms with Crippen LogP contribution in [0.15, 0.2) is 94.1 Å². The molecule has 0 bridgehead atoms. The van der Waals surface area contributed by atoms with Gasteiger partial charge in [0.05, 0.1) is 16.6 Å². The van der Waals surface area contributed by atoms with Crippen molar-refractivity contribution in [1.29, 1.82) is 0 Å². The van der Waals surface area contributed by atoms with Crippen molar-refractivity contribution in [3.8, 4) is 16.9 Å². The number of hydrogen-bond donors (Lipinski definition) is 0. The highest BCUT2D eigenvalue weighted by molar-refractivity contribution is 5.90. The molecule has 3 aromatic carbocycles. The van der Waals surface area contributed by atoms with Gasteiger partial charge in [0.1, 0.15) is 0 Å². The second kappa shape index (κ2) is 7.61. The highest BCUT2D eigenvalue weighted by Gasteiger charge is 2.26. The molecule has 5 aromatic rings. The van der Waals surface area contributed by atoms with E-state index >= 15 is 0 Å². The maximum atomic E-state index is 13.7. The number of rotatable bonds is 4. The summed E-state index contributed by atoms with van der Waals surface area (Å²) >= 11 is 0. The minimum atomic E-state index is -0.494. The van der Waals surface area contributed by atoms with Gasteiger partial charge in [0, 0.05) is 13.3 Å². The Hall–Kier alpha value is -4.12. The lowest BCUT2D eigenvalue weighted by Gasteiger charge is -2.15. The van der Waals surface area contributed by atoms with E-state index in [0.717, 1.165) is 11.1 Å². The van der Waals surface area contributed by atoms with E-state index in [9.17, 15) is 9.59 Å². The first-order valence-corrected chi connectivity index (χ1v) is 10.0.